The predicted octanol–water partition coefficient (Wildman–Crippen LogP) is 4.12. The first kappa shape index (κ1) is 21.4. The Morgan fingerprint density at radius 3 is 2.76 bits per heavy atom. The highest BCUT2D eigenvalue weighted by atomic mass is 16.5. The van der Waals surface area contributed by atoms with E-state index < -0.39 is 0 Å². The minimum Gasteiger partial charge on any atom is -0.484 e. The number of nitrogens with zero attached hydrogens (tertiary/aromatic N) is 4. The fourth-order valence-corrected chi connectivity index (χ4v) is 3.81. The number of hydrogen-bond donors (Lipinski definition) is 2. The third kappa shape index (κ3) is 4.25. The monoisotopic (exact) mass is 452 g/mol. The van der Waals surface area contributed by atoms with Crippen molar-refractivity contribution in [3.05, 3.63) is 72.9 Å². The standard InChI is InChI=1S/C26H24N6O2/c1-16(2)29-24(33)15-34-20-7-5-6-17(13-20)25-30-22-9-4-3-8-21(22)26(31-25)32-23-11-10-19(27)12-18(23)14-28-32/h3-14,16H,15,27H2,1-2H3,(H,29,33). The number of aromatic nitrogens is 4. The van der Waals surface area contributed by atoms with Gasteiger partial charge in [0.25, 0.3) is 5.91 Å². The van der Waals surface area contributed by atoms with E-state index in [1.165, 1.54) is 0 Å². The molecule has 5 rings (SSSR count). The van der Waals surface area contributed by atoms with Crippen LogP contribution >= 0.6 is 0 Å². The van der Waals surface area contributed by atoms with Gasteiger partial charge in [-0.3, -0.25) is 4.79 Å². The summed E-state index contributed by atoms with van der Waals surface area (Å²) >= 11 is 0. The molecule has 0 saturated carbocycles. The Hall–Kier alpha value is -4.46. The van der Waals surface area contributed by atoms with Crippen molar-refractivity contribution in [1.82, 2.24) is 25.1 Å². The van der Waals surface area contributed by atoms with Crippen LogP contribution < -0.4 is 15.8 Å². The number of para-hydroxylation sites is 1. The molecule has 0 spiro atoms. The van der Waals surface area contributed by atoms with E-state index >= 15 is 0 Å². The summed E-state index contributed by atoms with van der Waals surface area (Å²) < 4.78 is 7.50. The van der Waals surface area contributed by atoms with E-state index in [2.05, 4.69) is 10.4 Å². The predicted molar refractivity (Wildman–Crippen MR) is 133 cm³/mol. The number of fused-ring (bicyclic) bond motifs is 2. The van der Waals surface area contributed by atoms with Gasteiger partial charge in [-0.15, -0.1) is 0 Å². The first-order valence-corrected chi connectivity index (χ1v) is 11.0. The Balaban J connectivity index is 1.56. The number of carbonyl (C=O) groups excluding carboxylic acids is 1. The molecule has 0 bridgehead atoms. The Morgan fingerprint density at radius 1 is 1.06 bits per heavy atom. The van der Waals surface area contributed by atoms with Crippen molar-refractivity contribution in [3.8, 4) is 23.0 Å². The molecule has 0 saturated heterocycles. The van der Waals surface area contributed by atoms with E-state index in [-0.39, 0.29) is 18.6 Å². The molecule has 0 aliphatic heterocycles. The maximum absolute atomic E-state index is 12.0. The van der Waals surface area contributed by atoms with Gasteiger partial charge >= 0.3 is 0 Å². The quantitative estimate of drug-likeness (QED) is 0.375. The highest BCUT2D eigenvalue weighted by molar-refractivity contribution is 5.90. The Labute approximate surface area is 196 Å². The summed E-state index contributed by atoms with van der Waals surface area (Å²) in [5, 5.41) is 9.21. The Morgan fingerprint density at radius 2 is 1.91 bits per heavy atom. The molecule has 34 heavy (non-hydrogen) atoms. The lowest BCUT2D eigenvalue weighted by Crippen LogP contribution is -2.34. The van der Waals surface area contributed by atoms with Gasteiger partial charge < -0.3 is 15.8 Å². The summed E-state index contributed by atoms with van der Waals surface area (Å²) in [7, 11) is 0. The summed E-state index contributed by atoms with van der Waals surface area (Å²) in [6.07, 6.45) is 1.78. The molecule has 2 aromatic heterocycles. The van der Waals surface area contributed by atoms with Crippen molar-refractivity contribution in [1.29, 1.82) is 0 Å². The van der Waals surface area contributed by atoms with Crippen LogP contribution in [0.15, 0.2) is 72.9 Å². The number of rotatable bonds is 6. The normalized spacial score (nSPS) is 11.3. The first-order chi connectivity index (χ1) is 16.5. The number of nitrogens with one attached hydrogen (secondary N) is 1. The molecule has 2 heterocycles. The maximum Gasteiger partial charge on any atom is 0.258 e. The fourth-order valence-electron chi connectivity index (χ4n) is 3.81. The van der Waals surface area contributed by atoms with Crippen LogP contribution in [0.2, 0.25) is 0 Å². The summed E-state index contributed by atoms with van der Waals surface area (Å²) in [6, 6.07) is 21.0. The number of benzene rings is 3. The van der Waals surface area contributed by atoms with Gasteiger partial charge in [-0.25, -0.2) is 14.6 Å². The van der Waals surface area contributed by atoms with Gasteiger partial charge in [0.05, 0.1) is 17.2 Å². The number of nitrogens with two attached hydrogens (primary N) is 1. The SMILES string of the molecule is CC(C)NC(=O)COc1cccc(-c2nc(-n3ncc4cc(N)ccc43)c3ccccc3n2)c1. The van der Waals surface area contributed by atoms with Crippen LogP contribution in [-0.4, -0.2) is 38.3 Å². The van der Waals surface area contributed by atoms with Gasteiger partial charge in [0, 0.05) is 28.1 Å². The van der Waals surface area contributed by atoms with Gasteiger partial charge in [-0.2, -0.15) is 5.10 Å². The molecule has 3 aromatic carbocycles. The van der Waals surface area contributed by atoms with Crippen LogP contribution in [0.3, 0.4) is 0 Å². The van der Waals surface area contributed by atoms with Crippen molar-refractivity contribution in [2.24, 2.45) is 0 Å². The number of anilines is 1. The second kappa shape index (κ2) is 8.82. The van der Waals surface area contributed by atoms with Crippen molar-refractivity contribution in [3.63, 3.8) is 0 Å². The second-order valence-electron chi connectivity index (χ2n) is 8.30. The molecule has 0 unspecified atom stereocenters. The lowest BCUT2D eigenvalue weighted by atomic mass is 10.1. The highest BCUT2D eigenvalue weighted by Gasteiger charge is 2.15. The minimum absolute atomic E-state index is 0.0571. The second-order valence-corrected chi connectivity index (χ2v) is 8.30. The molecular weight excluding hydrogens is 428 g/mol. The summed E-state index contributed by atoms with van der Waals surface area (Å²) in [6.45, 7) is 3.75. The summed E-state index contributed by atoms with van der Waals surface area (Å²) in [4.78, 5) is 21.6. The molecule has 170 valence electrons. The topological polar surface area (TPSA) is 108 Å². The van der Waals surface area contributed by atoms with E-state index in [4.69, 9.17) is 20.4 Å². The van der Waals surface area contributed by atoms with Crippen LogP contribution in [0, 0.1) is 0 Å². The molecular formula is C26H24N6O2. The Bertz CT molecular complexity index is 1510. The lowest BCUT2D eigenvalue weighted by molar-refractivity contribution is -0.123. The van der Waals surface area contributed by atoms with Crippen LogP contribution in [0.5, 0.6) is 5.75 Å². The highest BCUT2D eigenvalue weighted by Crippen LogP contribution is 2.28. The van der Waals surface area contributed by atoms with Gasteiger partial charge in [-0.05, 0) is 56.3 Å². The average molecular weight is 453 g/mol. The number of carbonyl (C=O) groups is 1. The number of amides is 1. The van der Waals surface area contributed by atoms with Crippen molar-refractivity contribution < 1.29 is 9.53 Å². The Kier molecular flexibility index (Phi) is 5.55. The molecule has 8 nitrogen and oxygen atoms in total. The number of ether oxygens (including phenoxy) is 1. The van der Waals surface area contributed by atoms with Gasteiger partial charge in [0.15, 0.2) is 18.2 Å². The van der Waals surface area contributed by atoms with E-state index in [1.807, 2.05) is 74.5 Å². The van der Waals surface area contributed by atoms with Crippen LogP contribution in [0.1, 0.15) is 13.8 Å². The van der Waals surface area contributed by atoms with Gasteiger partial charge in [0.2, 0.25) is 0 Å². The summed E-state index contributed by atoms with van der Waals surface area (Å²) in [5.41, 5.74) is 9.09. The zero-order valence-electron chi connectivity index (χ0n) is 18.9. The molecule has 0 aliphatic carbocycles. The average Bonchev–Trinajstić information content (AvgIpc) is 3.24. The van der Waals surface area contributed by atoms with Crippen LogP contribution in [0.25, 0.3) is 39.0 Å². The van der Waals surface area contributed by atoms with Crippen LogP contribution in [0.4, 0.5) is 5.69 Å². The molecule has 3 N–H and O–H groups in total. The van der Waals surface area contributed by atoms with Gasteiger partial charge in [-0.1, -0.05) is 24.3 Å². The molecule has 1 amide bonds. The first-order valence-electron chi connectivity index (χ1n) is 11.0. The van der Waals surface area contributed by atoms with Crippen LogP contribution in [-0.2, 0) is 4.79 Å². The van der Waals surface area contributed by atoms with E-state index in [0.717, 1.165) is 27.4 Å². The zero-order valence-corrected chi connectivity index (χ0v) is 18.9. The fraction of sp³-hybridized carbons (Fsp3) is 0.154. The van der Waals surface area contributed by atoms with E-state index in [1.54, 1.807) is 16.9 Å². The number of nitrogen functional groups attached to an aromatic ring is 1. The minimum atomic E-state index is -0.171. The van der Waals surface area contributed by atoms with Gasteiger partial charge in [0.1, 0.15) is 5.75 Å². The van der Waals surface area contributed by atoms with Crippen molar-refractivity contribution in [2.75, 3.05) is 12.3 Å². The molecule has 0 atom stereocenters. The molecule has 0 aliphatic rings. The van der Waals surface area contributed by atoms with E-state index in [0.29, 0.717) is 23.1 Å². The lowest BCUT2D eigenvalue weighted by Gasteiger charge is -2.12. The number of hydrogen-bond acceptors (Lipinski definition) is 6. The smallest absolute Gasteiger partial charge is 0.258 e. The van der Waals surface area contributed by atoms with Crippen molar-refractivity contribution in [2.45, 2.75) is 19.9 Å². The van der Waals surface area contributed by atoms with Crippen molar-refractivity contribution >= 4 is 33.4 Å². The molecule has 0 radical (unpaired) electrons. The third-order valence-corrected chi connectivity index (χ3v) is 5.29. The molecule has 8 heteroatoms. The van der Waals surface area contributed by atoms with E-state index in [9.17, 15) is 4.79 Å². The third-order valence-electron chi connectivity index (χ3n) is 5.29. The molecule has 0 fully saturated rings. The zero-order chi connectivity index (χ0) is 23.7. The largest absolute Gasteiger partial charge is 0.484 e. The maximum atomic E-state index is 12.0. The molecule has 5 aromatic rings. The summed E-state index contributed by atoms with van der Waals surface area (Å²) in [5.74, 6) is 1.60.